The van der Waals surface area contributed by atoms with Crippen molar-refractivity contribution in [3.8, 4) is 0 Å². The molecule has 10 heteroatoms. The Hall–Kier alpha value is -2.13. The quantitative estimate of drug-likeness (QED) is 0.357. The first-order chi connectivity index (χ1) is 19.0. The number of benzene rings is 2. The van der Waals surface area contributed by atoms with Gasteiger partial charge in [-0.15, -0.1) is 0 Å². The zero-order valence-corrected chi connectivity index (χ0v) is 24.7. The van der Waals surface area contributed by atoms with Crippen LogP contribution in [0.5, 0.6) is 0 Å². The SMILES string of the molecule is C[C@]1(C2(C(=O)O)CC2)CC(c2cccc(Cl)c2)[C@@H](c2ccc(Cl)cc2)N(C(CNS(=O)(=O)C2CC2)C2CC2)C1=O. The third-order valence-corrected chi connectivity index (χ3v) is 12.1. The number of carbonyl (C=O) groups is 2. The van der Waals surface area contributed by atoms with E-state index in [0.29, 0.717) is 42.1 Å². The van der Waals surface area contributed by atoms with Crippen molar-refractivity contribution in [1.29, 1.82) is 0 Å². The fraction of sp³-hybridized carbons (Fsp3) is 0.533. The van der Waals surface area contributed by atoms with Gasteiger partial charge >= 0.3 is 5.97 Å². The molecule has 2 unspecified atom stereocenters. The lowest BCUT2D eigenvalue weighted by atomic mass is 9.61. The number of carbonyl (C=O) groups excluding carboxylic acids is 1. The number of rotatable bonds is 10. The average molecular weight is 606 g/mol. The maximum atomic E-state index is 14.8. The summed E-state index contributed by atoms with van der Waals surface area (Å²) in [6.45, 7) is 1.91. The van der Waals surface area contributed by atoms with Gasteiger partial charge < -0.3 is 10.0 Å². The molecule has 2 aromatic rings. The monoisotopic (exact) mass is 604 g/mol. The largest absolute Gasteiger partial charge is 0.481 e. The lowest BCUT2D eigenvalue weighted by Crippen LogP contribution is -2.61. The maximum Gasteiger partial charge on any atom is 0.310 e. The molecule has 0 bridgehead atoms. The Morgan fingerprint density at radius 2 is 1.73 bits per heavy atom. The summed E-state index contributed by atoms with van der Waals surface area (Å²) in [4.78, 5) is 29.3. The van der Waals surface area contributed by atoms with Crippen LogP contribution in [0, 0.1) is 16.7 Å². The topological polar surface area (TPSA) is 104 Å². The number of hydrogen-bond donors (Lipinski definition) is 2. The van der Waals surface area contributed by atoms with E-state index < -0.39 is 38.9 Å². The summed E-state index contributed by atoms with van der Waals surface area (Å²) >= 11 is 12.7. The average Bonchev–Trinajstić information content (AvgIpc) is 3.77. The summed E-state index contributed by atoms with van der Waals surface area (Å²) in [5.41, 5.74) is -0.519. The minimum atomic E-state index is -3.48. The van der Waals surface area contributed by atoms with E-state index in [4.69, 9.17) is 23.2 Å². The van der Waals surface area contributed by atoms with E-state index in [0.717, 1.165) is 24.0 Å². The number of nitrogens with zero attached hydrogens (tertiary/aromatic N) is 1. The van der Waals surface area contributed by atoms with Crippen molar-refractivity contribution in [2.24, 2.45) is 16.7 Å². The number of carboxylic acids is 1. The van der Waals surface area contributed by atoms with Crippen LogP contribution in [-0.2, 0) is 19.6 Å². The predicted molar refractivity (Wildman–Crippen MR) is 154 cm³/mol. The Morgan fingerprint density at radius 1 is 1.05 bits per heavy atom. The second kappa shape index (κ2) is 10.0. The second-order valence-electron chi connectivity index (χ2n) is 12.3. The van der Waals surface area contributed by atoms with Gasteiger partial charge in [0.1, 0.15) is 0 Å². The van der Waals surface area contributed by atoms with Crippen LogP contribution in [0.25, 0.3) is 0 Å². The van der Waals surface area contributed by atoms with Gasteiger partial charge in [0.15, 0.2) is 0 Å². The Morgan fingerprint density at radius 3 is 2.27 bits per heavy atom. The highest BCUT2D eigenvalue weighted by Crippen LogP contribution is 2.66. The number of halogens is 2. The number of amides is 1. The third kappa shape index (κ3) is 4.85. The van der Waals surface area contributed by atoms with Gasteiger partial charge in [-0.3, -0.25) is 9.59 Å². The first kappa shape index (κ1) is 28.0. The van der Waals surface area contributed by atoms with E-state index in [1.54, 1.807) is 25.1 Å². The molecule has 0 spiro atoms. The number of hydrogen-bond acceptors (Lipinski definition) is 4. The molecule has 3 saturated carbocycles. The molecule has 6 rings (SSSR count). The Labute approximate surface area is 245 Å². The van der Waals surface area contributed by atoms with Crippen LogP contribution in [0.4, 0.5) is 0 Å². The summed E-state index contributed by atoms with van der Waals surface area (Å²) < 4.78 is 28.6. The summed E-state index contributed by atoms with van der Waals surface area (Å²) in [5, 5.41) is 11.1. The van der Waals surface area contributed by atoms with Crippen LogP contribution in [0.2, 0.25) is 10.0 Å². The molecule has 1 aliphatic heterocycles. The molecule has 2 aromatic carbocycles. The number of aliphatic carboxylic acids is 1. The molecule has 0 aromatic heterocycles. The Kier molecular flexibility index (Phi) is 7.00. The maximum absolute atomic E-state index is 14.8. The number of piperidine rings is 1. The molecule has 2 N–H and O–H groups in total. The van der Waals surface area contributed by atoms with E-state index in [-0.39, 0.29) is 29.5 Å². The Bertz CT molecular complexity index is 1440. The van der Waals surface area contributed by atoms with Crippen molar-refractivity contribution < 1.29 is 23.1 Å². The van der Waals surface area contributed by atoms with Crippen LogP contribution in [0.1, 0.15) is 75.0 Å². The van der Waals surface area contributed by atoms with Crippen molar-refractivity contribution in [1.82, 2.24) is 9.62 Å². The van der Waals surface area contributed by atoms with Gasteiger partial charge in [0.25, 0.3) is 0 Å². The molecule has 0 radical (unpaired) electrons. The van der Waals surface area contributed by atoms with Crippen molar-refractivity contribution in [3.63, 3.8) is 0 Å². The first-order valence-corrected chi connectivity index (χ1v) is 16.3. The number of carboxylic acid groups (broad SMARTS) is 1. The summed E-state index contributed by atoms with van der Waals surface area (Å²) in [7, 11) is -3.48. The van der Waals surface area contributed by atoms with Crippen LogP contribution in [-0.4, -0.2) is 48.1 Å². The predicted octanol–water partition coefficient (Wildman–Crippen LogP) is 5.78. The minimum Gasteiger partial charge on any atom is -0.481 e. The van der Waals surface area contributed by atoms with Crippen molar-refractivity contribution in [2.75, 3.05) is 6.54 Å². The molecule has 1 saturated heterocycles. The van der Waals surface area contributed by atoms with Gasteiger partial charge in [0.05, 0.1) is 22.1 Å². The highest BCUT2D eigenvalue weighted by molar-refractivity contribution is 7.90. The highest BCUT2D eigenvalue weighted by Gasteiger charge is 2.70. The molecular formula is C30H34Cl2N2O5S. The van der Waals surface area contributed by atoms with Gasteiger partial charge in [-0.25, -0.2) is 13.1 Å². The van der Waals surface area contributed by atoms with Gasteiger partial charge in [-0.1, -0.05) is 47.5 Å². The molecule has 4 fully saturated rings. The van der Waals surface area contributed by atoms with E-state index in [1.807, 2.05) is 35.2 Å². The van der Waals surface area contributed by atoms with Crippen LogP contribution < -0.4 is 4.72 Å². The lowest BCUT2D eigenvalue weighted by Gasteiger charge is -2.54. The molecule has 4 aliphatic rings. The molecule has 214 valence electrons. The number of nitrogens with one attached hydrogen (secondary N) is 1. The molecule has 7 nitrogen and oxygen atoms in total. The summed E-state index contributed by atoms with van der Waals surface area (Å²) in [5.74, 6) is -1.30. The van der Waals surface area contributed by atoms with E-state index >= 15 is 0 Å². The van der Waals surface area contributed by atoms with Crippen LogP contribution in [0.15, 0.2) is 48.5 Å². The van der Waals surface area contributed by atoms with Gasteiger partial charge in [-0.2, -0.15) is 0 Å². The molecule has 40 heavy (non-hydrogen) atoms. The number of sulfonamides is 1. The normalized spacial score (nSPS) is 28.8. The zero-order chi connectivity index (χ0) is 28.4. The molecule has 4 atom stereocenters. The zero-order valence-electron chi connectivity index (χ0n) is 22.4. The van der Waals surface area contributed by atoms with Crippen molar-refractivity contribution in [3.05, 3.63) is 69.7 Å². The van der Waals surface area contributed by atoms with Crippen molar-refractivity contribution in [2.45, 2.75) is 75.1 Å². The van der Waals surface area contributed by atoms with E-state index in [2.05, 4.69) is 4.72 Å². The van der Waals surface area contributed by atoms with Gasteiger partial charge in [0.2, 0.25) is 15.9 Å². The smallest absolute Gasteiger partial charge is 0.310 e. The Balaban J connectivity index is 1.50. The van der Waals surface area contributed by atoms with E-state index in [1.165, 1.54) is 0 Å². The fourth-order valence-corrected chi connectivity index (χ4v) is 8.61. The summed E-state index contributed by atoms with van der Waals surface area (Å²) in [6.07, 6.45) is 4.28. The van der Waals surface area contributed by atoms with Crippen LogP contribution in [0.3, 0.4) is 0 Å². The standard InChI is InChI=1S/C30H34Cl2N2O5S/c1-29(30(13-14-30)28(36)37)16-24(20-3-2-4-22(32)15-20)26(19-7-9-21(31)10-8-19)34(27(29)35)25(18-5-6-18)17-33-40(38,39)23-11-12-23/h2-4,7-10,15,18,23-26,33H,5-6,11-14,16-17H2,1H3,(H,36,37)/t24?,25?,26-,29+/m1/s1. The van der Waals surface area contributed by atoms with E-state index in [9.17, 15) is 23.1 Å². The molecule has 1 heterocycles. The first-order valence-electron chi connectivity index (χ1n) is 14.0. The van der Waals surface area contributed by atoms with Gasteiger partial charge in [-0.05, 0) is 93.2 Å². The number of likely N-dealkylation sites (tertiary alicyclic amines) is 1. The molecular weight excluding hydrogens is 571 g/mol. The lowest BCUT2D eigenvalue weighted by molar-refractivity contribution is -0.170. The second-order valence-corrected chi connectivity index (χ2v) is 15.2. The minimum absolute atomic E-state index is 0.109. The third-order valence-electron chi connectivity index (χ3n) is 9.70. The highest BCUT2D eigenvalue weighted by atomic mass is 35.5. The molecule has 3 aliphatic carbocycles. The van der Waals surface area contributed by atoms with Gasteiger partial charge in [0, 0.05) is 28.5 Å². The van der Waals surface area contributed by atoms with Crippen molar-refractivity contribution >= 4 is 45.1 Å². The summed E-state index contributed by atoms with van der Waals surface area (Å²) in [6, 6.07) is 14.1. The fourth-order valence-electron chi connectivity index (χ4n) is 6.89. The molecule has 1 amide bonds. The van der Waals surface area contributed by atoms with Crippen LogP contribution >= 0.6 is 23.2 Å².